The Labute approximate surface area is 156 Å². The van der Waals surface area contributed by atoms with Gasteiger partial charge in [0, 0.05) is 6.42 Å². The van der Waals surface area contributed by atoms with Gasteiger partial charge in [0.2, 0.25) is 0 Å². The number of rotatable bonds is 18. The van der Waals surface area contributed by atoms with Crippen LogP contribution in [0.3, 0.4) is 0 Å². The van der Waals surface area contributed by atoms with Gasteiger partial charge in [-0.2, -0.15) is 0 Å². The molecular formula is C22H42O3. The highest BCUT2D eigenvalue weighted by Crippen LogP contribution is 2.15. The number of ketones is 1. The average molecular weight is 355 g/mol. The Bertz CT molecular complexity index is 325. The minimum atomic E-state index is -0.544. The van der Waals surface area contributed by atoms with Gasteiger partial charge >= 0.3 is 5.97 Å². The molecule has 0 amide bonds. The zero-order valence-electron chi connectivity index (χ0n) is 17.1. The number of Topliss-reactive ketones (excluding diaryl/α,β-unsaturated/α-hetero) is 1. The topological polar surface area (TPSA) is 43.4 Å². The van der Waals surface area contributed by atoms with Gasteiger partial charge in [0.25, 0.3) is 0 Å². The molecule has 0 saturated heterocycles. The van der Waals surface area contributed by atoms with Crippen LogP contribution in [-0.2, 0) is 14.3 Å². The molecular weight excluding hydrogens is 312 g/mol. The van der Waals surface area contributed by atoms with E-state index in [-0.39, 0.29) is 11.8 Å². The number of carbonyl (C=O) groups excluding carboxylic acids is 2. The molecule has 3 heteroatoms. The fourth-order valence-electron chi connectivity index (χ4n) is 3.26. The van der Waals surface area contributed by atoms with Gasteiger partial charge < -0.3 is 4.74 Å². The van der Waals surface area contributed by atoms with Crippen LogP contribution in [0.15, 0.2) is 0 Å². The molecule has 0 aromatic carbocycles. The van der Waals surface area contributed by atoms with Gasteiger partial charge in [-0.1, -0.05) is 90.9 Å². The predicted molar refractivity (Wildman–Crippen MR) is 106 cm³/mol. The molecule has 1 atom stereocenters. The van der Waals surface area contributed by atoms with E-state index in [9.17, 15) is 9.59 Å². The lowest BCUT2D eigenvalue weighted by Gasteiger charge is -2.12. The minimum Gasteiger partial charge on any atom is -0.465 e. The van der Waals surface area contributed by atoms with Crippen LogP contribution in [0, 0.1) is 5.92 Å². The lowest BCUT2D eigenvalue weighted by molar-refractivity contribution is -0.151. The van der Waals surface area contributed by atoms with Crippen LogP contribution >= 0.6 is 0 Å². The largest absolute Gasteiger partial charge is 0.465 e. The highest BCUT2D eigenvalue weighted by atomic mass is 16.5. The standard InChI is InChI=1S/C22H42O3/c1-4-7-8-9-10-11-12-13-14-15-16-17-18-19-21(23)20(5-2)22(24)25-6-3/h20H,4-19H2,1-3H3. The van der Waals surface area contributed by atoms with Crippen molar-refractivity contribution in [3.05, 3.63) is 0 Å². The third kappa shape index (κ3) is 14.0. The van der Waals surface area contributed by atoms with Gasteiger partial charge in [-0.15, -0.1) is 0 Å². The SMILES string of the molecule is CCCCCCCCCCCCCCCC(=O)C(CC)C(=O)OCC. The van der Waals surface area contributed by atoms with E-state index >= 15 is 0 Å². The molecule has 0 aromatic rings. The summed E-state index contributed by atoms with van der Waals surface area (Å²) in [6, 6.07) is 0. The molecule has 1 unspecified atom stereocenters. The first kappa shape index (κ1) is 24.1. The Morgan fingerprint density at radius 1 is 0.680 bits per heavy atom. The lowest BCUT2D eigenvalue weighted by atomic mass is 9.96. The smallest absolute Gasteiger partial charge is 0.316 e. The predicted octanol–water partition coefficient (Wildman–Crippen LogP) is 6.63. The molecule has 0 spiro atoms. The molecule has 3 nitrogen and oxygen atoms in total. The average Bonchev–Trinajstić information content (AvgIpc) is 2.60. The molecule has 148 valence electrons. The first-order chi connectivity index (χ1) is 12.2. The minimum absolute atomic E-state index is 0.0593. The summed E-state index contributed by atoms with van der Waals surface area (Å²) in [5, 5.41) is 0. The Balaban J connectivity index is 3.45. The summed E-state index contributed by atoms with van der Waals surface area (Å²) < 4.78 is 4.98. The number of carbonyl (C=O) groups is 2. The van der Waals surface area contributed by atoms with Crippen LogP contribution in [0.1, 0.15) is 117 Å². The number of hydrogen-bond donors (Lipinski definition) is 0. The molecule has 0 aliphatic heterocycles. The maximum Gasteiger partial charge on any atom is 0.316 e. The zero-order valence-corrected chi connectivity index (χ0v) is 17.1. The van der Waals surface area contributed by atoms with Gasteiger partial charge in [-0.3, -0.25) is 9.59 Å². The molecule has 0 aromatic heterocycles. The van der Waals surface area contributed by atoms with Gasteiger partial charge in [0.1, 0.15) is 11.7 Å². The van der Waals surface area contributed by atoms with Gasteiger partial charge in [-0.25, -0.2) is 0 Å². The summed E-state index contributed by atoms with van der Waals surface area (Å²) in [6.45, 7) is 6.27. The summed E-state index contributed by atoms with van der Waals surface area (Å²) in [4.78, 5) is 23.8. The summed E-state index contributed by atoms with van der Waals surface area (Å²) in [5.41, 5.74) is 0. The van der Waals surface area contributed by atoms with E-state index < -0.39 is 5.92 Å². The van der Waals surface area contributed by atoms with Crippen LogP contribution in [-0.4, -0.2) is 18.4 Å². The van der Waals surface area contributed by atoms with Crippen LogP contribution in [0.2, 0.25) is 0 Å². The van der Waals surface area contributed by atoms with E-state index in [2.05, 4.69) is 6.92 Å². The van der Waals surface area contributed by atoms with Gasteiger partial charge in [0.05, 0.1) is 6.61 Å². The van der Waals surface area contributed by atoms with Crippen molar-refractivity contribution >= 4 is 11.8 Å². The van der Waals surface area contributed by atoms with Crippen molar-refractivity contribution in [2.24, 2.45) is 5.92 Å². The van der Waals surface area contributed by atoms with Gasteiger partial charge in [0.15, 0.2) is 0 Å². The zero-order chi connectivity index (χ0) is 18.8. The number of hydrogen-bond acceptors (Lipinski definition) is 3. The van der Waals surface area contributed by atoms with Crippen molar-refractivity contribution in [2.75, 3.05) is 6.61 Å². The molecule has 0 rings (SSSR count). The van der Waals surface area contributed by atoms with E-state index in [1.807, 2.05) is 6.92 Å². The first-order valence-corrected chi connectivity index (χ1v) is 10.9. The highest BCUT2D eigenvalue weighted by molar-refractivity contribution is 5.98. The van der Waals surface area contributed by atoms with Crippen molar-refractivity contribution in [1.82, 2.24) is 0 Å². The Hall–Kier alpha value is -0.860. The highest BCUT2D eigenvalue weighted by Gasteiger charge is 2.24. The molecule has 0 fully saturated rings. The normalized spacial score (nSPS) is 12.1. The Kier molecular flexibility index (Phi) is 17.3. The Morgan fingerprint density at radius 3 is 1.52 bits per heavy atom. The van der Waals surface area contributed by atoms with E-state index in [1.165, 1.54) is 70.6 Å². The van der Waals surface area contributed by atoms with Crippen molar-refractivity contribution in [1.29, 1.82) is 0 Å². The molecule has 0 aliphatic rings. The molecule has 0 radical (unpaired) electrons. The van der Waals surface area contributed by atoms with Gasteiger partial charge in [-0.05, 0) is 19.8 Å². The van der Waals surface area contributed by atoms with Crippen molar-refractivity contribution in [3.8, 4) is 0 Å². The monoisotopic (exact) mass is 354 g/mol. The van der Waals surface area contributed by atoms with Crippen LogP contribution in [0.25, 0.3) is 0 Å². The molecule has 0 N–H and O–H groups in total. The van der Waals surface area contributed by atoms with E-state index in [1.54, 1.807) is 6.92 Å². The summed E-state index contributed by atoms with van der Waals surface area (Å²) in [7, 11) is 0. The maximum atomic E-state index is 12.1. The lowest BCUT2D eigenvalue weighted by Crippen LogP contribution is -2.25. The first-order valence-electron chi connectivity index (χ1n) is 10.9. The summed E-state index contributed by atoms with van der Waals surface area (Å²) >= 11 is 0. The van der Waals surface area contributed by atoms with Crippen LogP contribution in [0.5, 0.6) is 0 Å². The summed E-state index contributed by atoms with van der Waals surface area (Å²) in [6.07, 6.45) is 18.0. The van der Waals surface area contributed by atoms with E-state index in [0.717, 1.165) is 12.8 Å². The second-order valence-electron chi connectivity index (χ2n) is 7.17. The third-order valence-electron chi connectivity index (χ3n) is 4.89. The fourth-order valence-corrected chi connectivity index (χ4v) is 3.26. The Morgan fingerprint density at radius 2 is 1.12 bits per heavy atom. The van der Waals surface area contributed by atoms with E-state index in [0.29, 0.717) is 19.4 Å². The van der Waals surface area contributed by atoms with E-state index in [4.69, 9.17) is 4.74 Å². The molecule has 0 heterocycles. The fraction of sp³-hybridized carbons (Fsp3) is 0.909. The van der Waals surface area contributed by atoms with Crippen molar-refractivity contribution < 1.29 is 14.3 Å². The van der Waals surface area contributed by atoms with Crippen LogP contribution in [0.4, 0.5) is 0 Å². The third-order valence-corrected chi connectivity index (χ3v) is 4.89. The molecule has 0 saturated carbocycles. The number of esters is 1. The summed E-state index contributed by atoms with van der Waals surface area (Å²) in [5.74, 6) is -0.828. The quantitative estimate of drug-likeness (QED) is 0.158. The van der Waals surface area contributed by atoms with Crippen molar-refractivity contribution in [2.45, 2.75) is 117 Å². The number of ether oxygens (including phenoxy) is 1. The second kappa shape index (κ2) is 17.9. The second-order valence-corrected chi connectivity index (χ2v) is 7.17. The van der Waals surface area contributed by atoms with Crippen molar-refractivity contribution in [3.63, 3.8) is 0 Å². The molecule has 0 aliphatic carbocycles. The number of unbranched alkanes of at least 4 members (excludes halogenated alkanes) is 12. The molecule has 25 heavy (non-hydrogen) atoms. The van der Waals surface area contributed by atoms with Crippen LogP contribution < -0.4 is 0 Å². The molecule has 0 bridgehead atoms. The maximum absolute atomic E-state index is 12.1.